The van der Waals surface area contributed by atoms with Gasteiger partial charge in [-0.25, -0.2) is 14.1 Å². The van der Waals surface area contributed by atoms with Crippen LogP contribution < -0.4 is 9.58 Å². The van der Waals surface area contributed by atoms with Gasteiger partial charge in [-0.15, -0.1) is 5.10 Å². The third-order valence-corrected chi connectivity index (χ3v) is 8.81. The van der Waals surface area contributed by atoms with E-state index in [0.717, 1.165) is 11.4 Å². The molecule has 4 heterocycles. The zero-order chi connectivity index (χ0) is 25.1. The molecule has 1 saturated heterocycles. The molecule has 0 amide bonds. The highest BCUT2D eigenvalue weighted by molar-refractivity contribution is 7.54. The van der Waals surface area contributed by atoms with Gasteiger partial charge in [-0.05, 0) is 26.7 Å². The van der Waals surface area contributed by atoms with Crippen molar-refractivity contribution in [2.24, 2.45) is 5.10 Å². The Hall–Kier alpha value is -1.95. The van der Waals surface area contributed by atoms with Gasteiger partial charge >= 0.3 is 13.2 Å². The number of rotatable bonds is 8. The first-order chi connectivity index (χ1) is 15.8. The minimum atomic E-state index is -4.33. The van der Waals surface area contributed by atoms with Crippen molar-refractivity contribution in [3.8, 4) is 0 Å². The predicted molar refractivity (Wildman–Crippen MR) is 124 cm³/mol. The molecule has 2 aliphatic heterocycles. The number of hydrogen-bond acceptors (Lipinski definition) is 9. The average Bonchev–Trinajstić information content (AvgIpc) is 3.31. The number of anilines is 1. The molecule has 34 heavy (non-hydrogen) atoms. The molecule has 3 N–H and O–H groups in total. The van der Waals surface area contributed by atoms with E-state index < -0.39 is 37.0 Å². The number of aromatic nitrogens is 4. The number of ether oxygens (including phenoxy) is 1. The molecule has 12 nitrogen and oxygen atoms in total. The third-order valence-electron chi connectivity index (χ3n) is 6.80. The van der Waals surface area contributed by atoms with E-state index in [1.165, 1.54) is 20.2 Å². The van der Waals surface area contributed by atoms with Gasteiger partial charge in [0.05, 0.1) is 11.7 Å². The van der Waals surface area contributed by atoms with Crippen LogP contribution in [-0.2, 0) is 13.8 Å². The highest BCUT2D eigenvalue weighted by Gasteiger charge is 2.49. The molecule has 2 unspecified atom stereocenters. The molecule has 0 bridgehead atoms. The third kappa shape index (κ3) is 4.16. The minimum absolute atomic E-state index is 0.289. The maximum Gasteiger partial charge on any atom is 0.359 e. The molecule has 4 atom stereocenters. The Morgan fingerprint density at radius 3 is 2.62 bits per heavy atom. The van der Waals surface area contributed by atoms with E-state index in [9.17, 15) is 19.7 Å². The quantitative estimate of drug-likeness (QED) is 0.367. The Morgan fingerprint density at radius 1 is 1.32 bits per heavy atom. The van der Waals surface area contributed by atoms with Gasteiger partial charge in [-0.1, -0.05) is 18.8 Å². The first-order valence-corrected chi connectivity index (χ1v) is 13.1. The molecule has 0 spiro atoms. The molecule has 1 fully saturated rings. The molecule has 4 rings (SSSR count). The average molecular weight is 498 g/mol. The summed E-state index contributed by atoms with van der Waals surface area (Å²) in [5.41, 5.74) is 0.376. The van der Waals surface area contributed by atoms with Gasteiger partial charge in [0.15, 0.2) is 29.7 Å². The van der Waals surface area contributed by atoms with Gasteiger partial charge < -0.3 is 19.8 Å². The molecule has 2 aromatic heterocycles. The molecule has 2 aliphatic rings. The normalized spacial score (nSPS) is 25.0. The van der Waals surface area contributed by atoms with Crippen LogP contribution in [0.2, 0.25) is 0 Å². The highest BCUT2D eigenvalue weighted by atomic mass is 31.2. The molecular weight excluding hydrogens is 463 g/mol. The van der Waals surface area contributed by atoms with Crippen LogP contribution in [0.5, 0.6) is 0 Å². The van der Waals surface area contributed by atoms with E-state index in [0.29, 0.717) is 30.7 Å². The number of hydrogen-bond donors (Lipinski definition) is 3. The number of hydrazone groups is 1. The fraction of sp³-hybridized carbons (Fsp3) is 0.714. The SMILES string of the molecule is CCC(CC)(CC1C[C@@H](O)[C@H]([n+]2cn3c4c(ncnc42)N(C)N=C3C)O1)OP(=O)(O)C(C)(C)O. The van der Waals surface area contributed by atoms with Crippen molar-refractivity contribution in [3.63, 3.8) is 0 Å². The number of aliphatic hydroxyl groups excluding tert-OH is 1. The molecule has 2 aromatic rings. The Bertz CT molecular complexity index is 1160. The van der Waals surface area contributed by atoms with E-state index in [4.69, 9.17) is 9.26 Å². The molecular formula is C21H34N6O6P+. The van der Waals surface area contributed by atoms with Crippen LogP contribution in [0.25, 0.3) is 11.2 Å². The number of imidazole rings is 1. The van der Waals surface area contributed by atoms with Gasteiger partial charge in [-0.3, -0.25) is 9.09 Å². The van der Waals surface area contributed by atoms with Gasteiger partial charge in [0.1, 0.15) is 6.10 Å². The van der Waals surface area contributed by atoms with Gasteiger partial charge in [0.2, 0.25) is 11.7 Å². The smallest absolute Gasteiger partial charge is 0.359 e. The summed E-state index contributed by atoms with van der Waals surface area (Å²) in [4.78, 5) is 19.2. The van der Waals surface area contributed by atoms with Crippen LogP contribution in [-0.4, -0.2) is 65.7 Å². The lowest BCUT2D eigenvalue weighted by Gasteiger charge is -2.38. The fourth-order valence-electron chi connectivity index (χ4n) is 4.59. The van der Waals surface area contributed by atoms with Gasteiger partial charge in [-0.2, -0.15) is 4.98 Å². The first kappa shape index (κ1) is 25.2. The van der Waals surface area contributed by atoms with Crippen molar-refractivity contribution in [1.82, 2.24) is 14.5 Å². The van der Waals surface area contributed by atoms with Crippen molar-refractivity contribution in [2.75, 3.05) is 12.1 Å². The Labute approximate surface area is 198 Å². The summed E-state index contributed by atoms with van der Waals surface area (Å²) < 4.78 is 28.4. The van der Waals surface area contributed by atoms with E-state index in [1.807, 2.05) is 32.4 Å². The van der Waals surface area contributed by atoms with Crippen molar-refractivity contribution in [3.05, 3.63) is 12.7 Å². The van der Waals surface area contributed by atoms with Crippen LogP contribution in [0.3, 0.4) is 0 Å². The predicted octanol–water partition coefficient (Wildman–Crippen LogP) is 1.88. The lowest BCUT2D eigenvalue weighted by molar-refractivity contribution is -0.745. The summed E-state index contributed by atoms with van der Waals surface area (Å²) in [6.07, 6.45) is 2.76. The Balaban J connectivity index is 1.62. The van der Waals surface area contributed by atoms with E-state index in [1.54, 1.807) is 15.9 Å². The largest absolute Gasteiger partial charge is 0.387 e. The number of nitrogens with zero attached hydrogens (tertiary/aromatic N) is 6. The highest BCUT2D eigenvalue weighted by Crippen LogP contribution is 2.58. The van der Waals surface area contributed by atoms with Crippen molar-refractivity contribution in [1.29, 1.82) is 0 Å². The summed E-state index contributed by atoms with van der Waals surface area (Å²) in [6.45, 7) is 8.12. The fourth-order valence-corrected chi connectivity index (χ4v) is 5.67. The summed E-state index contributed by atoms with van der Waals surface area (Å²) in [7, 11) is -2.52. The van der Waals surface area contributed by atoms with Crippen molar-refractivity contribution < 1.29 is 33.5 Å². The lowest BCUT2D eigenvalue weighted by atomic mass is 9.89. The number of aliphatic hydroxyl groups is 2. The topological polar surface area (TPSA) is 146 Å². The van der Waals surface area contributed by atoms with E-state index >= 15 is 0 Å². The molecule has 0 aromatic carbocycles. The van der Waals surface area contributed by atoms with Crippen molar-refractivity contribution in [2.45, 2.75) is 89.7 Å². The lowest BCUT2D eigenvalue weighted by Crippen LogP contribution is -2.44. The molecule has 13 heteroatoms. The van der Waals surface area contributed by atoms with E-state index in [-0.39, 0.29) is 6.42 Å². The molecule has 0 radical (unpaired) electrons. The molecule has 0 aliphatic carbocycles. The van der Waals surface area contributed by atoms with Crippen LogP contribution >= 0.6 is 7.60 Å². The van der Waals surface area contributed by atoms with Crippen LogP contribution in [0.15, 0.2) is 17.8 Å². The summed E-state index contributed by atoms with van der Waals surface area (Å²) in [5.74, 6) is 1.38. The van der Waals surface area contributed by atoms with Gasteiger partial charge in [0.25, 0.3) is 0 Å². The van der Waals surface area contributed by atoms with E-state index in [2.05, 4.69) is 15.1 Å². The zero-order valence-corrected chi connectivity index (χ0v) is 21.3. The molecule has 0 saturated carbocycles. The second-order valence-corrected chi connectivity index (χ2v) is 11.9. The first-order valence-electron chi connectivity index (χ1n) is 11.5. The maximum atomic E-state index is 12.7. The van der Waals surface area contributed by atoms with Crippen molar-refractivity contribution >= 4 is 30.4 Å². The second kappa shape index (κ2) is 8.61. The summed E-state index contributed by atoms with van der Waals surface area (Å²) in [5, 5.41) is 25.3. The second-order valence-electron chi connectivity index (χ2n) is 9.59. The van der Waals surface area contributed by atoms with Gasteiger partial charge in [0, 0.05) is 26.8 Å². The van der Waals surface area contributed by atoms with Crippen LogP contribution in [0.4, 0.5) is 5.82 Å². The Morgan fingerprint density at radius 2 is 2.00 bits per heavy atom. The summed E-state index contributed by atoms with van der Waals surface area (Å²) in [6, 6.07) is 0. The molecule has 188 valence electrons. The Kier molecular flexibility index (Phi) is 6.37. The zero-order valence-electron chi connectivity index (χ0n) is 20.4. The minimum Gasteiger partial charge on any atom is -0.387 e. The summed E-state index contributed by atoms with van der Waals surface area (Å²) >= 11 is 0. The van der Waals surface area contributed by atoms with Crippen LogP contribution in [0, 0.1) is 0 Å². The monoisotopic (exact) mass is 497 g/mol. The van der Waals surface area contributed by atoms with Crippen LogP contribution in [0.1, 0.15) is 66.5 Å². The standard InChI is InChI=1S/C21H33N6O6P/c1-7-21(8-2,33-34(30,31)20(4,5)29)10-14-9-15(28)19(32-14)27-12-26-13(3)24-25(6)17-16(26)18(27)23-11-22-17/h11-12,14-15,19,28-29H,7-10H2,1-6H3/p+1/t14?,15-,19-/m1/s1. The maximum absolute atomic E-state index is 12.7.